The summed E-state index contributed by atoms with van der Waals surface area (Å²) >= 11 is 5.85. The highest BCUT2D eigenvalue weighted by atomic mass is 35.5. The summed E-state index contributed by atoms with van der Waals surface area (Å²) in [5.41, 5.74) is 1.26. The van der Waals surface area contributed by atoms with E-state index in [4.69, 9.17) is 11.6 Å². The number of rotatable bonds is 5. The molecule has 0 unspecified atom stereocenters. The highest BCUT2D eigenvalue weighted by molar-refractivity contribution is 6.30. The van der Waals surface area contributed by atoms with Crippen molar-refractivity contribution in [1.29, 1.82) is 0 Å². The van der Waals surface area contributed by atoms with Gasteiger partial charge in [-0.2, -0.15) is 0 Å². The van der Waals surface area contributed by atoms with Gasteiger partial charge in [0.25, 0.3) is 5.91 Å². The average Bonchev–Trinajstić information content (AvgIpc) is 3.12. The highest BCUT2D eigenvalue weighted by Crippen LogP contribution is 2.19. The molecule has 2 amide bonds. The molecule has 0 bridgehead atoms. The maximum atomic E-state index is 12.7. The summed E-state index contributed by atoms with van der Waals surface area (Å²) < 4.78 is 0. The fraction of sp³-hybridized carbons (Fsp3) is 0.250. The molecule has 0 spiro atoms. The standard InChI is InChI=1S/C20H21ClN4O2/c1-2-3-19(26)24-16-7-4-14(5-8-16)20(27)25-11-10-17(13-25)23-18-9-6-15(21)12-22-18/h2-9,12,17H,10-11,13H2,1H3,(H,22,23)(H,24,26)/b3-2+/t17-/m1/s1. The van der Waals surface area contributed by atoms with Crippen LogP contribution in [0.25, 0.3) is 0 Å². The van der Waals surface area contributed by atoms with E-state index in [2.05, 4.69) is 15.6 Å². The topological polar surface area (TPSA) is 74.3 Å². The van der Waals surface area contributed by atoms with E-state index >= 15 is 0 Å². The molecule has 1 aromatic carbocycles. The number of benzene rings is 1. The van der Waals surface area contributed by atoms with Crippen LogP contribution in [0.4, 0.5) is 11.5 Å². The molecule has 1 aliphatic heterocycles. The van der Waals surface area contributed by atoms with Gasteiger partial charge in [-0.25, -0.2) is 4.98 Å². The normalized spacial score (nSPS) is 16.5. The van der Waals surface area contributed by atoms with Gasteiger partial charge in [-0.05, 0) is 55.8 Å². The van der Waals surface area contributed by atoms with Crippen LogP contribution in [-0.4, -0.2) is 40.8 Å². The van der Waals surface area contributed by atoms with E-state index in [0.717, 1.165) is 12.2 Å². The fourth-order valence-corrected chi connectivity index (χ4v) is 3.06. The fourth-order valence-electron chi connectivity index (χ4n) is 2.95. The number of nitrogens with one attached hydrogen (secondary N) is 2. The van der Waals surface area contributed by atoms with Crippen molar-refractivity contribution < 1.29 is 9.59 Å². The molecule has 1 aliphatic rings. The maximum Gasteiger partial charge on any atom is 0.253 e. The molecule has 2 N–H and O–H groups in total. The van der Waals surface area contributed by atoms with Crippen molar-refractivity contribution in [3.63, 3.8) is 0 Å². The van der Waals surface area contributed by atoms with Crippen molar-refractivity contribution in [3.05, 3.63) is 65.3 Å². The maximum absolute atomic E-state index is 12.7. The second kappa shape index (κ2) is 8.68. The quantitative estimate of drug-likeness (QED) is 0.773. The van der Waals surface area contributed by atoms with Crippen LogP contribution in [0, 0.1) is 0 Å². The summed E-state index contributed by atoms with van der Waals surface area (Å²) in [6, 6.07) is 10.7. The Kier molecular flexibility index (Phi) is 6.08. The van der Waals surface area contributed by atoms with Gasteiger partial charge >= 0.3 is 0 Å². The van der Waals surface area contributed by atoms with Gasteiger partial charge in [-0.1, -0.05) is 17.7 Å². The molecule has 0 aliphatic carbocycles. The zero-order chi connectivity index (χ0) is 19.2. The van der Waals surface area contributed by atoms with Gasteiger partial charge in [-0.3, -0.25) is 9.59 Å². The van der Waals surface area contributed by atoms with E-state index in [0.29, 0.717) is 29.4 Å². The summed E-state index contributed by atoms with van der Waals surface area (Å²) in [4.78, 5) is 30.3. The average molecular weight is 385 g/mol. The number of likely N-dealkylation sites (tertiary alicyclic amines) is 1. The number of pyridine rings is 1. The minimum absolute atomic E-state index is 0.0188. The molecule has 27 heavy (non-hydrogen) atoms. The lowest BCUT2D eigenvalue weighted by Crippen LogP contribution is -2.31. The predicted octanol–water partition coefficient (Wildman–Crippen LogP) is 3.58. The lowest BCUT2D eigenvalue weighted by atomic mass is 10.2. The first kappa shape index (κ1) is 18.9. The van der Waals surface area contributed by atoms with Crippen molar-refractivity contribution in [2.24, 2.45) is 0 Å². The number of aromatic nitrogens is 1. The summed E-state index contributed by atoms with van der Waals surface area (Å²) in [7, 11) is 0. The Labute approximate surface area is 163 Å². The minimum atomic E-state index is -0.194. The van der Waals surface area contributed by atoms with E-state index in [1.807, 2.05) is 11.0 Å². The van der Waals surface area contributed by atoms with Crippen LogP contribution in [0.15, 0.2) is 54.7 Å². The van der Waals surface area contributed by atoms with E-state index in [1.54, 1.807) is 49.5 Å². The number of hydrogen-bond acceptors (Lipinski definition) is 4. The van der Waals surface area contributed by atoms with Crippen LogP contribution >= 0.6 is 11.6 Å². The third kappa shape index (κ3) is 5.08. The van der Waals surface area contributed by atoms with Crippen LogP contribution in [0.2, 0.25) is 5.02 Å². The summed E-state index contributed by atoms with van der Waals surface area (Å²) in [5, 5.41) is 6.66. The zero-order valence-corrected chi connectivity index (χ0v) is 15.7. The lowest BCUT2D eigenvalue weighted by Gasteiger charge is -2.17. The molecular formula is C20H21ClN4O2. The molecule has 140 valence electrons. The van der Waals surface area contributed by atoms with E-state index < -0.39 is 0 Å². The lowest BCUT2D eigenvalue weighted by molar-refractivity contribution is -0.111. The Bertz CT molecular complexity index is 834. The molecule has 0 radical (unpaired) electrons. The molecule has 6 nitrogen and oxygen atoms in total. The third-order valence-corrected chi connectivity index (χ3v) is 4.50. The van der Waals surface area contributed by atoms with Gasteiger partial charge in [0.2, 0.25) is 5.91 Å². The van der Waals surface area contributed by atoms with Gasteiger partial charge in [0, 0.05) is 36.6 Å². The second-order valence-electron chi connectivity index (χ2n) is 6.31. The highest BCUT2D eigenvalue weighted by Gasteiger charge is 2.27. The van der Waals surface area contributed by atoms with Crippen molar-refractivity contribution >= 4 is 34.9 Å². The number of nitrogens with zero attached hydrogens (tertiary/aromatic N) is 2. The summed E-state index contributed by atoms with van der Waals surface area (Å²) in [6.45, 7) is 3.08. The third-order valence-electron chi connectivity index (χ3n) is 4.27. The molecule has 1 fully saturated rings. The predicted molar refractivity (Wildman–Crippen MR) is 107 cm³/mol. The van der Waals surface area contributed by atoms with E-state index in [1.165, 1.54) is 6.08 Å². The Balaban J connectivity index is 1.56. The SMILES string of the molecule is C/C=C/C(=O)Nc1ccc(C(=O)N2CC[C@@H](Nc3ccc(Cl)cn3)C2)cc1. The Hall–Kier alpha value is -2.86. The van der Waals surface area contributed by atoms with Crippen molar-refractivity contribution in [1.82, 2.24) is 9.88 Å². The molecule has 2 aromatic rings. The first-order chi connectivity index (χ1) is 13.0. The number of anilines is 2. The number of carbonyl (C=O) groups excluding carboxylic acids is 2. The molecular weight excluding hydrogens is 364 g/mol. The number of halogens is 1. The van der Waals surface area contributed by atoms with Gasteiger partial charge in [0.05, 0.1) is 5.02 Å². The molecule has 1 atom stereocenters. The number of hydrogen-bond donors (Lipinski definition) is 2. The molecule has 3 rings (SSSR count). The number of allylic oxidation sites excluding steroid dienone is 1. The Morgan fingerprint density at radius 2 is 2.00 bits per heavy atom. The van der Waals surface area contributed by atoms with Crippen LogP contribution in [0.5, 0.6) is 0 Å². The molecule has 0 saturated carbocycles. The largest absolute Gasteiger partial charge is 0.365 e. The number of amides is 2. The van der Waals surface area contributed by atoms with Crippen molar-refractivity contribution in [2.75, 3.05) is 23.7 Å². The van der Waals surface area contributed by atoms with Crippen molar-refractivity contribution in [2.45, 2.75) is 19.4 Å². The summed E-state index contributed by atoms with van der Waals surface area (Å²) in [5.74, 6) is 0.537. The zero-order valence-electron chi connectivity index (χ0n) is 15.0. The molecule has 7 heteroatoms. The van der Waals surface area contributed by atoms with Crippen molar-refractivity contribution in [3.8, 4) is 0 Å². The summed E-state index contributed by atoms with van der Waals surface area (Å²) in [6.07, 6.45) is 5.57. The molecule has 1 aromatic heterocycles. The first-order valence-electron chi connectivity index (χ1n) is 8.76. The monoisotopic (exact) mass is 384 g/mol. The van der Waals surface area contributed by atoms with Crippen LogP contribution in [0.1, 0.15) is 23.7 Å². The Morgan fingerprint density at radius 3 is 2.67 bits per heavy atom. The van der Waals surface area contributed by atoms with Gasteiger partial charge in [0.1, 0.15) is 5.82 Å². The molecule has 2 heterocycles. The van der Waals surface area contributed by atoms with Crippen LogP contribution in [-0.2, 0) is 4.79 Å². The van der Waals surface area contributed by atoms with Crippen LogP contribution < -0.4 is 10.6 Å². The smallest absolute Gasteiger partial charge is 0.253 e. The van der Waals surface area contributed by atoms with Gasteiger partial charge in [-0.15, -0.1) is 0 Å². The van der Waals surface area contributed by atoms with Gasteiger partial charge < -0.3 is 15.5 Å². The van der Waals surface area contributed by atoms with E-state index in [-0.39, 0.29) is 17.9 Å². The van der Waals surface area contributed by atoms with E-state index in [9.17, 15) is 9.59 Å². The molecule has 1 saturated heterocycles. The second-order valence-corrected chi connectivity index (χ2v) is 6.75. The number of carbonyl (C=O) groups is 2. The van der Waals surface area contributed by atoms with Crippen LogP contribution in [0.3, 0.4) is 0 Å². The Morgan fingerprint density at radius 1 is 1.22 bits per heavy atom. The first-order valence-corrected chi connectivity index (χ1v) is 9.14. The minimum Gasteiger partial charge on any atom is -0.365 e. The van der Waals surface area contributed by atoms with Gasteiger partial charge in [0.15, 0.2) is 0 Å².